The Morgan fingerprint density at radius 3 is 2.54 bits per heavy atom. The van der Waals surface area contributed by atoms with Crippen molar-refractivity contribution in [3.05, 3.63) is 34.6 Å². The van der Waals surface area contributed by atoms with E-state index in [-0.39, 0.29) is 0 Å². The lowest BCUT2D eigenvalue weighted by atomic mass is 10.2. The second-order valence-corrected chi connectivity index (χ2v) is 3.80. The maximum atomic E-state index is 4.00. The van der Waals surface area contributed by atoms with E-state index >= 15 is 0 Å². The van der Waals surface area contributed by atoms with E-state index in [4.69, 9.17) is 0 Å². The molecular weight excluding hydrogens is 182 g/mol. The molecule has 2 aromatic rings. The zero-order valence-electron chi connectivity index (χ0n) is 7.69. The summed E-state index contributed by atoms with van der Waals surface area (Å²) >= 11 is 1.40. The largest absolute Gasteiger partial charge is 0.348 e. The topological polar surface area (TPSA) is 30.7 Å². The lowest BCUT2D eigenvalue weighted by Crippen LogP contribution is -1.96. The van der Waals surface area contributed by atoms with E-state index in [9.17, 15) is 0 Å². The second-order valence-electron chi connectivity index (χ2n) is 3.19. The number of aryl methyl sites for hydroxylation is 2. The first kappa shape index (κ1) is 8.44. The van der Waals surface area contributed by atoms with Gasteiger partial charge in [0.1, 0.15) is 0 Å². The van der Waals surface area contributed by atoms with Crippen LogP contribution in [-0.4, -0.2) is 14.2 Å². The van der Waals surface area contributed by atoms with E-state index in [1.165, 1.54) is 22.7 Å². The molecule has 0 saturated carbocycles. The molecule has 0 fully saturated rings. The van der Waals surface area contributed by atoms with Gasteiger partial charge in [-0.25, -0.2) is 0 Å². The van der Waals surface area contributed by atoms with Crippen LogP contribution in [0.4, 0.5) is 0 Å². The van der Waals surface area contributed by atoms with Crippen molar-refractivity contribution in [2.45, 2.75) is 20.4 Å². The second kappa shape index (κ2) is 3.30. The molecule has 0 spiro atoms. The van der Waals surface area contributed by atoms with Crippen molar-refractivity contribution in [2.24, 2.45) is 0 Å². The molecule has 0 N–H and O–H groups in total. The van der Waals surface area contributed by atoms with E-state index < -0.39 is 0 Å². The molecule has 0 aliphatic heterocycles. The van der Waals surface area contributed by atoms with Crippen LogP contribution >= 0.6 is 11.5 Å². The molecule has 0 aliphatic rings. The highest BCUT2D eigenvalue weighted by atomic mass is 32.1. The molecule has 0 amide bonds. The Morgan fingerprint density at radius 1 is 1.31 bits per heavy atom. The van der Waals surface area contributed by atoms with Crippen molar-refractivity contribution in [2.75, 3.05) is 0 Å². The molecule has 0 radical (unpaired) electrons. The summed E-state index contributed by atoms with van der Waals surface area (Å²) < 4.78 is 5.97. The van der Waals surface area contributed by atoms with Gasteiger partial charge >= 0.3 is 0 Å². The van der Waals surface area contributed by atoms with Crippen molar-refractivity contribution in [3.63, 3.8) is 0 Å². The number of nitrogens with zero attached hydrogens (tertiary/aromatic N) is 3. The molecule has 2 aromatic heterocycles. The summed E-state index contributed by atoms with van der Waals surface area (Å²) in [4.78, 5) is 0. The summed E-state index contributed by atoms with van der Waals surface area (Å²) in [6.45, 7) is 5.06. The summed E-state index contributed by atoms with van der Waals surface area (Å²) in [7, 11) is 0. The van der Waals surface area contributed by atoms with Gasteiger partial charge in [-0.05, 0) is 36.5 Å². The zero-order chi connectivity index (χ0) is 9.26. The fourth-order valence-electron chi connectivity index (χ4n) is 1.27. The summed E-state index contributed by atoms with van der Waals surface area (Å²) in [5, 5.41) is 5.97. The van der Waals surface area contributed by atoms with E-state index in [0.29, 0.717) is 0 Å². The molecule has 0 aromatic carbocycles. The van der Waals surface area contributed by atoms with E-state index in [0.717, 1.165) is 12.2 Å². The van der Waals surface area contributed by atoms with Crippen LogP contribution in [0.3, 0.4) is 0 Å². The van der Waals surface area contributed by atoms with Crippen LogP contribution in [-0.2, 0) is 6.54 Å². The average molecular weight is 193 g/mol. The Kier molecular flexibility index (Phi) is 2.14. The molecule has 13 heavy (non-hydrogen) atoms. The van der Waals surface area contributed by atoms with Crippen LogP contribution in [0.5, 0.6) is 0 Å². The molecule has 0 bridgehead atoms. The highest BCUT2D eigenvalue weighted by molar-refractivity contribution is 7.03. The van der Waals surface area contributed by atoms with E-state index in [1.807, 2.05) is 5.38 Å². The third kappa shape index (κ3) is 1.78. The minimum absolute atomic E-state index is 0.825. The molecule has 2 rings (SSSR count). The van der Waals surface area contributed by atoms with Gasteiger partial charge in [0.15, 0.2) is 0 Å². The summed E-state index contributed by atoms with van der Waals surface area (Å²) in [5.41, 5.74) is 3.67. The molecular formula is C9H11N3S. The average Bonchev–Trinajstić information content (AvgIpc) is 2.64. The van der Waals surface area contributed by atoms with Gasteiger partial charge in [0, 0.05) is 17.8 Å². The Bertz CT molecular complexity index is 369. The highest BCUT2D eigenvalue weighted by Gasteiger charge is 2.00. The quantitative estimate of drug-likeness (QED) is 0.730. The van der Waals surface area contributed by atoms with Crippen molar-refractivity contribution < 1.29 is 0 Å². The molecule has 0 saturated heterocycles. The van der Waals surface area contributed by atoms with Gasteiger partial charge in [-0.2, -0.15) is 0 Å². The highest BCUT2D eigenvalue weighted by Crippen LogP contribution is 2.09. The first-order valence-corrected chi connectivity index (χ1v) is 4.98. The summed E-state index contributed by atoms with van der Waals surface area (Å²) in [6, 6.07) is 0. The SMILES string of the molecule is Cc1cn(Cc2csnn2)cc1C. The third-order valence-corrected chi connectivity index (χ3v) is 2.64. The van der Waals surface area contributed by atoms with Crippen LogP contribution in [0.15, 0.2) is 17.8 Å². The minimum atomic E-state index is 0.825. The molecule has 3 nitrogen and oxygen atoms in total. The van der Waals surface area contributed by atoms with Crippen LogP contribution < -0.4 is 0 Å². The maximum Gasteiger partial charge on any atom is 0.0952 e. The van der Waals surface area contributed by atoms with Gasteiger partial charge in [0.2, 0.25) is 0 Å². The number of rotatable bonds is 2. The summed E-state index contributed by atoms with van der Waals surface area (Å²) in [6.07, 6.45) is 4.27. The van der Waals surface area contributed by atoms with Crippen molar-refractivity contribution >= 4 is 11.5 Å². The first-order valence-electron chi connectivity index (χ1n) is 4.14. The summed E-state index contributed by atoms with van der Waals surface area (Å²) in [5.74, 6) is 0. The standard InChI is InChI=1S/C9H11N3S/c1-7-3-12(4-8(7)2)5-9-6-13-11-10-9/h3-4,6H,5H2,1-2H3. The van der Waals surface area contributed by atoms with E-state index in [2.05, 4.69) is 40.4 Å². The molecule has 2 heterocycles. The third-order valence-electron chi connectivity index (χ3n) is 2.09. The fourth-order valence-corrected chi connectivity index (χ4v) is 1.71. The lowest BCUT2D eigenvalue weighted by Gasteiger charge is -1.96. The molecule has 68 valence electrons. The molecule has 0 aliphatic carbocycles. The molecule has 0 atom stereocenters. The number of aromatic nitrogens is 3. The smallest absolute Gasteiger partial charge is 0.0952 e. The minimum Gasteiger partial charge on any atom is -0.348 e. The van der Waals surface area contributed by atoms with Crippen molar-refractivity contribution in [1.29, 1.82) is 0 Å². The zero-order valence-corrected chi connectivity index (χ0v) is 8.51. The predicted molar refractivity (Wildman–Crippen MR) is 52.9 cm³/mol. The molecule has 4 heteroatoms. The predicted octanol–water partition coefficient (Wildman–Crippen LogP) is 2.00. The maximum absolute atomic E-state index is 4.00. The normalized spacial score (nSPS) is 10.6. The van der Waals surface area contributed by atoms with Crippen LogP contribution in [0.1, 0.15) is 16.8 Å². The van der Waals surface area contributed by atoms with Gasteiger partial charge in [-0.1, -0.05) is 4.49 Å². The van der Waals surface area contributed by atoms with Gasteiger partial charge in [-0.3, -0.25) is 0 Å². The molecule has 0 unspecified atom stereocenters. The van der Waals surface area contributed by atoms with Gasteiger partial charge in [-0.15, -0.1) is 5.10 Å². The van der Waals surface area contributed by atoms with Crippen molar-refractivity contribution in [1.82, 2.24) is 14.2 Å². The number of hydrogen-bond donors (Lipinski definition) is 0. The van der Waals surface area contributed by atoms with Crippen LogP contribution in [0.2, 0.25) is 0 Å². The van der Waals surface area contributed by atoms with Crippen molar-refractivity contribution in [3.8, 4) is 0 Å². The van der Waals surface area contributed by atoms with Gasteiger partial charge in [0.25, 0.3) is 0 Å². The Balaban J connectivity index is 2.19. The first-order chi connectivity index (χ1) is 6.25. The van der Waals surface area contributed by atoms with Gasteiger partial charge < -0.3 is 4.57 Å². The Hall–Kier alpha value is -1.16. The Labute approximate surface area is 81.2 Å². The Morgan fingerprint density at radius 2 is 2.00 bits per heavy atom. The lowest BCUT2D eigenvalue weighted by molar-refractivity contribution is 0.772. The van der Waals surface area contributed by atoms with Gasteiger partial charge in [0.05, 0.1) is 12.2 Å². The van der Waals surface area contributed by atoms with Crippen LogP contribution in [0.25, 0.3) is 0 Å². The fraction of sp³-hybridized carbons (Fsp3) is 0.333. The van der Waals surface area contributed by atoms with E-state index in [1.54, 1.807) is 0 Å². The monoisotopic (exact) mass is 193 g/mol. The number of hydrogen-bond acceptors (Lipinski definition) is 3. The van der Waals surface area contributed by atoms with Crippen LogP contribution in [0, 0.1) is 13.8 Å².